The van der Waals surface area contributed by atoms with Crippen molar-refractivity contribution in [2.75, 3.05) is 52.4 Å². The molecule has 0 radical (unpaired) electrons. The molecule has 0 aromatic heterocycles. The third-order valence-electron chi connectivity index (χ3n) is 4.27. The smallest absolute Gasteiger partial charge is 0.137 e. The number of aliphatic imine (C=N–C) groups is 1. The fourth-order valence-electron chi connectivity index (χ4n) is 2.91. The van der Waals surface area contributed by atoms with Gasteiger partial charge in [0.15, 0.2) is 0 Å². The second kappa shape index (κ2) is 8.89. The van der Waals surface area contributed by atoms with E-state index in [1.54, 1.807) is 4.90 Å². The van der Waals surface area contributed by atoms with Gasteiger partial charge in [-0.2, -0.15) is 0 Å². The van der Waals surface area contributed by atoms with E-state index in [-0.39, 0.29) is 32.1 Å². The third-order valence-corrected chi connectivity index (χ3v) is 5.42. The highest BCUT2D eigenvalue weighted by atomic mass is 32.2. The molecule has 2 heterocycles. The van der Waals surface area contributed by atoms with Crippen molar-refractivity contribution >= 4 is 23.3 Å². The van der Waals surface area contributed by atoms with Gasteiger partial charge in [0, 0.05) is 48.0 Å². The first-order valence-electron chi connectivity index (χ1n) is 11.7. The lowest BCUT2D eigenvalue weighted by atomic mass is 10.1. The van der Waals surface area contributed by atoms with Gasteiger partial charge < -0.3 is 14.7 Å². The maximum atomic E-state index is 9.13. The number of rotatable bonds is 5. The van der Waals surface area contributed by atoms with Crippen LogP contribution >= 0.6 is 11.8 Å². The Hall–Kier alpha value is -1.86. The second-order valence-corrected chi connectivity index (χ2v) is 7.16. The van der Waals surface area contributed by atoms with Crippen LogP contribution in [0.15, 0.2) is 63.3 Å². The van der Waals surface area contributed by atoms with Crippen LogP contribution in [0.2, 0.25) is 0 Å². The number of aliphatic hydroxyl groups is 1. The van der Waals surface area contributed by atoms with Gasteiger partial charge in [0.2, 0.25) is 0 Å². The Morgan fingerprint density at radius 1 is 1.07 bits per heavy atom. The molecule has 1 saturated heterocycles. The monoisotopic (exact) mass is 389 g/mol. The largest absolute Gasteiger partial charge is 0.394 e. The van der Waals surface area contributed by atoms with Gasteiger partial charge in [-0.05, 0) is 18.2 Å². The zero-order valence-electron chi connectivity index (χ0n) is 20.8. The molecule has 0 aliphatic carbocycles. The second-order valence-electron chi connectivity index (χ2n) is 6.07. The summed E-state index contributed by atoms with van der Waals surface area (Å²) in [7, 11) is 0. The first kappa shape index (κ1) is 12.6. The van der Waals surface area contributed by atoms with E-state index in [4.69, 9.17) is 23.1 Å². The number of benzene rings is 2. The number of para-hydroxylation sites is 1. The van der Waals surface area contributed by atoms with Crippen LogP contribution in [0.1, 0.15) is 13.8 Å². The Morgan fingerprint density at radius 3 is 2.63 bits per heavy atom. The highest BCUT2D eigenvalue weighted by molar-refractivity contribution is 7.99. The average Bonchev–Trinajstić information content (AvgIpc) is 2.85. The summed E-state index contributed by atoms with van der Waals surface area (Å²) in [5, 5.41) is 9.13. The zero-order chi connectivity index (χ0) is 23.9. The van der Waals surface area contributed by atoms with Crippen LogP contribution in [0.5, 0.6) is 0 Å². The normalized spacial score (nSPS) is 24.6. The number of hydrogen-bond acceptors (Lipinski definition) is 6. The molecule has 27 heavy (non-hydrogen) atoms. The number of ether oxygens (including phenoxy) is 1. The number of amidine groups is 1. The lowest BCUT2D eigenvalue weighted by Crippen LogP contribution is -2.49. The predicted molar refractivity (Wildman–Crippen MR) is 109 cm³/mol. The molecule has 0 atom stereocenters. The molecule has 2 aromatic carbocycles. The number of hydrogen-bond donors (Lipinski definition) is 1. The Balaban J connectivity index is 1.64. The van der Waals surface area contributed by atoms with E-state index in [1.165, 1.54) is 11.8 Å². The number of fused-ring (bicyclic) bond motifs is 2. The molecule has 5 nitrogen and oxygen atoms in total. The van der Waals surface area contributed by atoms with Gasteiger partial charge in [-0.1, -0.05) is 42.1 Å². The minimum Gasteiger partial charge on any atom is -0.394 e. The molecule has 2 aliphatic rings. The van der Waals surface area contributed by atoms with Gasteiger partial charge in [-0.3, -0.25) is 4.90 Å². The SMILES string of the molecule is [2H]C([2H])(O)COCCN1CC([2H])([2H])N(C2=Nc3ccccc3Sc3ccccc32)C([2H])([2H])C1. The number of piperazine rings is 1. The Morgan fingerprint density at radius 2 is 1.81 bits per heavy atom. The summed E-state index contributed by atoms with van der Waals surface area (Å²) >= 11 is 1.52. The van der Waals surface area contributed by atoms with Gasteiger partial charge in [-0.15, -0.1) is 0 Å². The van der Waals surface area contributed by atoms with Crippen molar-refractivity contribution in [1.29, 1.82) is 0 Å². The molecule has 1 N–H and O–H groups in total. The van der Waals surface area contributed by atoms with Crippen molar-refractivity contribution in [3.05, 3.63) is 54.1 Å². The molecule has 1 fully saturated rings. The maximum absolute atomic E-state index is 9.13. The van der Waals surface area contributed by atoms with Crippen molar-refractivity contribution in [1.82, 2.24) is 9.80 Å². The fraction of sp³-hybridized carbons (Fsp3) is 0.381. The van der Waals surface area contributed by atoms with E-state index in [1.807, 2.05) is 48.5 Å². The summed E-state index contributed by atoms with van der Waals surface area (Å²) in [6, 6.07) is 15.0. The Bertz CT molecular complexity index is 1030. The minimum absolute atomic E-state index is 0.0417. The molecule has 0 spiro atoms. The van der Waals surface area contributed by atoms with Gasteiger partial charge in [0.25, 0.3) is 0 Å². The van der Waals surface area contributed by atoms with Crippen LogP contribution in [0, 0.1) is 0 Å². The van der Waals surface area contributed by atoms with Crippen molar-refractivity contribution in [2.24, 2.45) is 4.99 Å². The average molecular weight is 390 g/mol. The maximum Gasteiger partial charge on any atom is 0.137 e. The summed E-state index contributed by atoms with van der Waals surface area (Å²) in [5.74, 6) is 0.252. The van der Waals surface area contributed by atoms with Gasteiger partial charge in [-0.25, -0.2) is 4.99 Å². The molecule has 6 heteroatoms. The third kappa shape index (κ3) is 4.35. The van der Waals surface area contributed by atoms with Crippen LogP contribution in [0.25, 0.3) is 0 Å². The lowest BCUT2D eigenvalue weighted by molar-refractivity contribution is 0.0652. The van der Waals surface area contributed by atoms with Crippen LogP contribution in [-0.4, -0.2) is 73.1 Å². The minimum atomic E-state index is -2.44. The quantitative estimate of drug-likeness (QED) is 0.797. The Kier molecular flexibility index (Phi) is 4.14. The Labute approximate surface area is 173 Å². The van der Waals surface area contributed by atoms with E-state index < -0.39 is 26.2 Å². The molecule has 0 bridgehead atoms. The number of nitrogens with zero attached hydrogens (tertiary/aromatic N) is 3. The fourth-order valence-corrected chi connectivity index (χ4v) is 3.93. The first-order chi connectivity index (χ1) is 15.5. The van der Waals surface area contributed by atoms with E-state index in [9.17, 15) is 0 Å². The molecule has 142 valence electrons. The summed E-state index contributed by atoms with van der Waals surface area (Å²) in [6.07, 6.45) is 0. The molecule has 0 saturated carbocycles. The van der Waals surface area contributed by atoms with E-state index in [0.717, 1.165) is 14.7 Å². The van der Waals surface area contributed by atoms with Crippen LogP contribution in [0.3, 0.4) is 0 Å². The van der Waals surface area contributed by atoms with Crippen molar-refractivity contribution in [3.8, 4) is 0 Å². The van der Waals surface area contributed by atoms with Gasteiger partial charge in [0.05, 0.1) is 33.7 Å². The van der Waals surface area contributed by atoms with Crippen molar-refractivity contribution in [3.63, 3.8) is 0 Å². The predicted octanol–water partition coefficient (Wildman–Crippen LogP) is 2.86. The van der Waals surface area contributed by atoms with Crippen LogP contribution in [0.4, 0.5) is 5.69 Å². The lowest BCUT2D eigenvalue weighted by Gasteiger charge is -2.36. The van der Waals surface area contributed by atoms with E-state index >= 15 is 0 Å². The first-order valence-corrected chi connectivity index (χ1v) is 9.56. The van der Waals surface area contributed by atoms with E-state index in [2.05, 4.69) is 0 Å². The van der Waals surface area contributed by atoms with Crippen LogP contribution < -0.4 is 0 Å². The standard InChI is InChI=1S/C21H25N3O2S/c25-14-16-26-15-13-23-9-11-24(12-10-23)21-17-5-1-3-7-19(17)27-20-8-4-2-6-18(20)22-21/h1-8,25H,9-16H2/i11D2,12D2,14D2. The molecule has 2 aromatic rings. The zero-order valence-corrected chi connectivity index (χ0v) is 15.6. The molecule has 2 aliphatic heterocycles. The van der Waals surface area contributed by atoms with Crippen molar-refractivity contribution in [2.45, 2.75) is 9.79 Å². The highest BCUT2D eigenvalue weighted by Crippen LogP contribution is 2.40. The summed E-state index contributed by atoms with van der Waals surface area (Å²) in [4.78, 5) is 9.30. The topological polar surface area (TPSA) is 48.3 Å². The van der Waals surface area contributed by atoms with Crippen molar-refractivity contribution < 1.29 is 18.1 Å². The summed E-state index contributed by atoms with van der Waals surface area (Å²) in [6.45, 7) is -7.04. The van der Waals surface area contributed by atoms with Gasteiger partial charge >= 0.3 is 0 Å². The molecule has 0 unspecified atom stereocenters. The highest BCUT2D eigenvalue weighted by Gasteiger charge is 2.24. The molecule has 4 rings (SSSR count). The summed E-state index contributed by atoms with van der Waals surface area (Å²) in [5.41, 5.74) is 1.34. The molecule has 0 amide bonds. The summed E-state index contributed by atoms with van der Waals surface area (Å²) < 4.78 is 54.4. The molecular weight excluding hydrogens is 358 g/mol. The van der Waals surface area contributed by atoms with Gasteiger partial charge in [0.1, 0.15) is 5.84 Å². The molecular formula is C21H25N3O2S. The van der Waals surface area contributed by atoms with Crippen LogP contribution in [-0.2, 0) is 4.74 Å². The van der Waals surface area contributed by atoms with E-state index in [0.29, 0.717) is 11.3 Å².